The van der Waals surface area contributed by atoms with Gasteiger partial charge in [0.1, 0.15) is 0 Å². The van der Waals surface area contributed by atoms with Gasteiger partial charge in [0.15, 0.2) is 0 Å². The molecule has 0 aliphatic heterocycles. The van der Waals surface area contributed by atoms with Crippen LogP contribution in [0.5, 0.6) is 0 Å². The number of aryl methyl sites for hydroxylation is 1. The number of amides is 1. The maximum atomic E-state index is 12.6. The number of hydrogen-bond donors (Lipinski definition) is 2. The highest BCUT2D eigenvalue weighted by molar-refractivity contribution is 5.76. The minimum atomic E-state index is -0.539. The van der Waals surface area contributed by atoms with Crippen molar-refractivity contribution in [2.45, 2.75) is 97.4 Å². The summed E-state index contributed by atoms with van der Waals surface area (Å²) in [7, 11) is 0. The van der Waals surface area contributed by atoms with Gasteiger partial charge in [-0.3, -0.25) is 4.79 Å². The molecule has 33 heavy (non-hydrogen) atoms. The molecule has 0 aromatic heterocycles. The van der Waals surface area contributed by atoms with Crippen molar-refractivity contribution in [1.82, 2.24) is 4.90 Å². The maximum absolute atomic E-state index is 12.6. The van der Waals surface area contributed by atoms with Crippen LogP contribution in [0.3, 0.4) is 0 Å². The highest BCUT2D eigenvalue weighted by atomic mass is 16.3. The minimum absolute atomic E-state index is 0.0925. The summed E-state index contributed by atoms with van der Waals surface area (Å²) >= 11 is 0. The second-order valence-electron chi connectivity index (χ2n) is 10.7. The number of benzene rings is 1. The second kappa shape index (κ2) is 11.5. The van der Waals surface area contributed by atoms with E-state index in [4.69, 9.17) is 0 Å². The second-order valence-corrected chi connectivity index (χ2v) is 10.7. The number of hydrogen-bond acceptors (Lipinski definition) is 3. The Morgan fingerprint density at radius 2 is 1.94 bits per heavy atom. The minimum Gasteiger partial charge on any atom is -0.392 e. The number of fused-ring (bicyclic) bond motifs is 1. The predicted molar refractivity (Wildman–Crippen MR) is 135 cm³/mol. The molecule has 5 atom stereocenters. The van der Waals surface area contributed by atoms with E-state index in [9.17, 15) is 15.0 Å². The number of rotatable bonds is 10. The zero-order valence-corrected chi connectivity index (χ0v) is 21.1. The summed E-state index contributed by atoms with van der Waals surface area (Å²) in [6.45, 7) is 10.4. The Morgan fingerprint density at radius 1 is 1.21 bits per heavy atom. The molecule has 3 rings (SSSR count). The average molecular weight is 454 g/mol. The first kappa shape index (κ1) is 25.7. The molecule has 0 spiro atoms. The fraction of sp³-hybridized carbons (Fsp3) is 0.621. The lowest BCUT2D eigenvalue weighted by Crippen LogP contribution is -2.41. The fourth-order valence-electron chi connectivity index (χ4n) is 5.96. The molecule has 0 saturated heterocycles. The molecule has 1 saturated carbocycles. The molecule has 4 nitrogen and oxygen atoms in total. The van der Waals surface area contributed by atoms with Crippen LogP contribution in [0, 0.1) is 24.7 Å². The quantitative estimate of drug-likeness (QED) is 0.478. The molecule has 2 aliphatic rings. The van der Waals surface area contributed by atoms with Crippen LogP contribution in [0.2, 0.25) is 0 Å². The Kier molecular flexibility index (Phi) is 8.95. The third kappa shape index (κ3) is 6.80. The average Bonchev–Trinajstić information content (AvgIpc) is 3.22. The van der Waals surface area contributed by atoms with Crippen LogP contribution in [0.4, 0.5) is 0 Å². The van der Waals surface area contributed by atoms with Gasteiger partial charge in [-0.2, -0.15) is 0 Å². The van der Waals surface area contributed by atoms with E-state index in [0.29, 0.717) is 24.7 Å². The van der Waals surface area contributed by atoms with Crippen molar-refractivity contribution in [3.8, 4) is 0 Å². The van der Waals surface area contributed by atoms with Gasteiger partial charge in [-0.25, -0.2) is 0 Å². The molecule has 0 radical (unpaired) electrons. The molecule has 1 amide bonds. The molecule has 1 aromatic rings. The van der Waals surface area contributed by atoms with Crippen LogP contribution in [0.25, 0.3) is 0 Å². The zero-order valence-electron chi connectivity index (χ0n) is 21.1. The lowest BCUT2D eigenvalue weighted by Gasteiger charge is -2.31. The van der Waals surface area contributed by atoms with E-state index in [0.717, 1.165) is 31.2 Å². The van der Waals surface area contributed by atoms with Gasteiger partial charge in [-0.15, -0.1) is 0 Å². The Balaban J connectivity index is 1.49. The van der Waals surface area contributed by atoms with Crippen molar-refractivity contribution < 1.29 is 15.0 Å². The summed E-state index contributed by atoms with van der Waals surface area (Å²) in [5.41, 5.74) is 3.76. The molecule has 0 bridgehead atoms. The van der Waals surface area contributed by atoms with Gasteiger partial charge in [0.2, 0.25) is 5.91 Å². The van der Waals surface area contributed by atoms with Crippen LogP contribution < -0.4 is 0 Å². The smallest absolute Gasteiger partial charge is 0.223 e. The molecule has 1 fully saturated rings. The molecule has 1 aromatic carbocycles. The molecule has 2 aliphatic carbocycles. The van der Waals surface area contributed by atoms with E-state index in [2.05, 4.69) is 58.9 Å². The summed E-state index contributed by atoms with van der Waals surface area (Å²) in [5.74, 6) is 1.17. The van der Waals surface area contributed by atoms with E-state index in [-0.39, 0.29) is 30.0 Å². The van der Waals surface area contributed by atoms with Gasteiger partial charge in [-0.05, 0) is 77.7 Å². The lowest BCUT2D eigenvalue weighted by molar-refractivity contribution is -0.134. The van der Waals surface area contributed by atoms with E-state index in [1.807, 2.05) is 23.1 Å². The topological polar surface area (TPSA) is 60.8 Å². The Morgan fingerprint density at radius 3 is 2.61 bits per heavy atom. The molecule has 2 N–H and O–H groups in total. The van der Waals surface area contributed by atoms with Crippen molar-refractivity contribution in [2.75, 3.05) is 0 Å². The zero-order chi connectivity index (χ0) is 24.1. The van der Waals surface area contributed by atoms with Gasteiger partial charge >= 0.3 is 0 Å². The first-order valence-corrected chi connectivity index (χ1v) is 12.8. The van der Waals surface area contributed by atoms with Gasteiger partial charge in [0.25, 0.3) is 0 Å². The summed E-state index contributed by atoms with van der Waals surface area (Å²) in [4.78, 5) is 14.6. The van der Waals surface area contributed by atoms with Gasteiger partial charge < -0.3 is 15.1 Å². The van der Waals surface area contributed by atoms with Crippen LogP contribution in [-0.4, -0.2) is 45.3 Å². The number of aliphatic hydroxyl groups is 2. The number of nitrogens with zero attached hydrogens (tertiary/aromatic N) is 1. The molecular formula is C29H43NO3. The number of carbonyl (C=O) groups is 1. The Hall–Kier alpha value is -1.91. The largest absolute Gasteiger partial charge is 0.392 e. The van der Waals surface area contributed by atoms with Crippen molar-refractivity contribution >= 4 is 5.91 Å². The first-order valence-electron chi connectivity index (χ1n) is 12.8. The third-order valence-corrected chi connectivity index (χ3v) is 7.32. The molecular weight excluding hydrogens is 410 g/mol. The predicted octanol–water partition coefficient (Wildman–Crippen LogP) is 5.21. The number of carbonyl (C=O) groups excluding carboxylic acids is 1. The van der Waals surface area contributed by atoms with Crippen molar-refractivity contribution in [2.24, 2.45) is 17.8 Å². The van der Waals surface area contributed by atoms with Crippen LogP contribution >= 0.6 is 0 Å². The van der Waals surface area contributed by atoms with E-state index < -0.39 is 6.10 Å². The maximum Gasteiger partial charge on any atom is 0.223 e. The van der Waals surface area contributed by atoms with Crippen molar-refractivity contribution in [3.63, 3.8) is 0 Å². The number of aliphatic hydroxyl groups excluding tert-OH is 2. The highest BCUT2D eigenvalue weighted by Gasteiger charge is 2.43. The first-order chi connectivity index (χ1) is 15.7. The van der Waals surface area contributed by atoms with Crippen LogP contribution in [0.1, 0.15) is 70.9 Å². The third-order valence-electron chi connectivity index (χ3n) is 7.32. The summed E-state index contributed by atoms with van der Waals surface area (Å²) < 4.78 is 0. The standard InChI is InChI=1S/C29H43NO3/c1-19(2)30(20(3)4)29(33)11-7-10-23-15-24-18-28(32)26(27(24)17-23)13-12-25(31)16-22-9-6-8-21(5)14-22/h6,8-9,12-15,19-20,24-28,31-32H,7,10-11,16-18H2,1-5H3/b13-12+/t24-,25-,26+,27-,28+/m0/s1. The van der Waals surface area contributed by atoms with E-state index >= 15 is 0 Å². The molecule has 0 heterocycles. The number of allylic oxidation sites excluding steroid dienone is 2. The van der Waals surface area contributed by atoms with Crippen LogP contribution in [0.15, 0.2) is 48.1 Å². The van der Waals surface area contributed by atoms with E-state index in [1.54, 1.807) is 0 Å². The monoisotopic (exact) mass is 453 g/mol. The fourth-order valence-corrected chi connectivity index (χ4v) is 5.96. The molecule has 0 unspecified atom stereocenters. The normalized spacial score (nSPS) is 25.7. The van der Waals surface area contributed by atoms with Crippen molar-refractivity contribution in [3.05, 3.63) is 59.2 Å². The lowest BCUT2D eigenvalue weighted by atomic mass is 9.88. The van der Waals surface area contributed by atoms with Gasteiger partial charge in [-0.1, -0.05) is 53.6 Å². The SMILES string of the molecule is Cc1cccc(C[C@@H](O)/C=C/[C@@H]2[C@H]3CC(CCCC(=O)N(C(C)C)C(C)C)=C[C@H]3C[C@H]2O)c1. The Bertz CT molecular complexity index is 848. The van der Waals surface area contributed by atoms with Crippen molar-refractivity contribution in [1.29, 1.82) is 0 Å². The van der Waals surface area contributed by atoms with Crippen LogP contribution in [-0.2, 0) is 11.2 Å². The summed E-state index contributed by atoms with van der Waals surface area (Å²) in [6, 6.07) is 8.71. The summed E-state index contributed by atoms with van der Waals surface area (Å²) in [6.07, 6.45) is 10.2. The molecule has 182 valence electrons. The van der Waals surface area contributed by atoms with Gasteiger partial charge in [0.05, 0.1) is 12.2 Å². The van der Waals surface area contributed by atoms with E-state index in [1.165, 1.54) is 11.1 Å². The Labute approximate surface area is 200 Å². The van der Waals surface area contributed by atoms with Gasteiger partial charge in [0, 0.05) is 30.8 Å². The highest BCUT2D eigenvalue weighted by Crippen LogP contribution is 2.48. The molecule has 4 heteroatoms. The summed E-state index contributed by atoms with van der Waals surface area (Å²) in [5, 5.41) is 21.1.